The quantitative estimate of drug-likeness (QED) is 0.492. The molecule has 0 aliphatic heterocycles. The molecule has 0 N–H and O–H groups in total. The Balaban J connectivity index is 2.08. The molecule has 4 nitrogen and oxygen atoms in total. The number of benzene rings is 1. The number of non-ortho nitro benzene ring substituents is 1. The lowest BCUT2D eigenvalue weighted by Crippen LogP contribution is -1.96. The topological polar surface area (TPSA) is 56.0 Å². The van der Waals surface area contributed by atoms with Gasteiger partial charge in [0.1, 0.15) is 0 Å². The van der Waals surface area contributed by atoms with Crippen molar-refractivity contribution in [1.29, 1.82) is 0 Å². The third-order valence-corrected chi connectivity index (χ3v) is 3.46. The van der Waals surface area contributed by atoms with Gasteiger partial charge in [0.25, 0.3) is 5.69 Å². The first kappa shape index (κ1) is 12.7. The second kappa shape index (κ2) is 5.73. The van der Waals surface area contributed by atoms with Crippen molar-refractivity contribution < 1.29 is 4.92 Å². The number of nitro benzene ring substituents is 1. The second-order valence-electron chi connectivity index (χ2n) is 3.88. The average molecular weight is 307 g/mol. The number of nitrogens with zero attached hydrogens (tertiary/aromatic N) is 2. The van der Waals surface area contributed by atoms with Crippen molar-refractivity contribution in [2.75, 3.05) is 0 Å². The molecular weight excluding hydrogens is 296 g/mol. The molecule has 1 aromatic carbocycles. The highest BCUT2D eigenvalue weighted by atomic mass is 79.9. The molecule has 0 amide bonds. The van der Waals surface area contributed by atoms with E-state index in [-0.39, 0.29) is 10.5 Å². The molecule has 0 bridgehead atoms. The summed E-state index contributed by atoms with van der Waals surface area (Å²) in [6.07, 6.45) is 4.31. The van der Waals surface area contributed by atoms with Gasteiger partial charge in [0, 0.05) is 29.4 Å². The molecule has 0 saturated heterocycles. The Bertz CT molecular complexity index is 528. The van der Waals surface area contributed by atoms with Crippen molar-refractivity contribution in [3.05, 3.63) is 70.0 Å². The molecule has 0 saturated carbocycles. The van der Waals surface area contributed by atoms with E-state index >= 15 is 0 Å². The Labute approximate surface area is 113 Å². The lowest BCUT2D eigenvalue weighted by Gasteiger charge is -2.09. The van der Waals surface area contributed by atoms with E-state index in [9.17, 15) is 10.1 Å². The van der Waals surface area contributed by atoms with E-state index in [1.54, 1.807) is 18.3 Å². The highest BCUT2D eigenvalue weighted by Crippen LogP contribution is 2.26. The number of alkyl halides is 1. The Morgan fingerprint density at radius 1 is 1.28 bits per heavy atom. The Morgan fingerprint density at radius 3 is 2.56 bits per heavy atom. The second-order valence-corrected chi connectivity index (χ2v) is 4.99. The van der Waals surface area contributed by atoms with Crippen LogP contribution in [0.5, 0.6) is 0 Å². The number of nitro groups is 1. The van der Waals surface area contributed by atoms with E-state index in [4.69, 9.17) is 0 Å². The zero-order chi connectivity index (χ0) is 13.0. The molecule has 1 aromatic heterocycles. The van der Waals surface area contributed by atoms with Crippen LogP contribution in [0.2, 0.25) is 0 Å². The zero-order valence-electron chi connectivity index (χ0n) is 9.49. The normalized spacial score (nSPS) is 12.1. The van der Waals surface area contributed by atoms with Gasteiger partial charge in [-0.1, -0.05) is 34.1 Å². The molecule has 1 unspecified atom stereocenters. The van der Waals surface area contributed by atoms with Crippen molar-refractivity contribution in [3.63, 3.8) is 0 Å². The minimum atomic E-state index is -0.392. The maximum Gasteiger partial charge on any atom is 0.269 e. The summed E-state index contributed by atoms with van der Waals surface area (Å²) in [5.41, 5.74) is 2.26. The lowest BCUT2D eigenvalue weighted by atomic mass is 10.1. The molecule has 2 rings (SSSR count). The van der Waals surface area contributed by atoms with Gasteiger partial charge in [0.05, 0.1) is 4.92 Å². The van der Waals surface area contributed by atoms with E-state index in [0.29, 0.717) is 0 Å². The molecule has 0 aliphatic carbocycles. The Morgan fingerprint density at radius 2 is 2.00 bits per heavy atom. The van der Waals surface area contributed by atoms with E-state index in [1.165, 1.54) is 12.1 Å². The van der Waals surface area contributed by atoms with Crippen molar-refractivity contribution in [1.82, 2.24) is 4.98 Å². The summed E-state index contributed by atoms with van der Waals surface area (Å²) < 4.78 is 0. The first-order chi connectivity index (χ1) is 8.66. The molecule has 1 heterocycles. The molecule has 0 aliphatic rings. The van der Waals surface area contributed by atoms with Crippen LogP contribution in [0.3, 0.4) is 0 Å². The summed E-state index contributed by atoms with van der Waals surface area (Å²) in [4.78, 5) is 14.4. The fourth-order valence-electron chi connectivity index (χ4n) is 1.64. The van der Waals surface area contributed by atoms with Gasteiger partial charge >= 0.3 is 0 Å². The first-order valence-corrected chi connectivity index (χ1v) is 6.35. The zero-order valence-corrected chi connectivity index (χ0v) is 11.1. The molecule has 5 heteroatoms. The van der Waals surface area contributed by atoms with Crippen LogP contribution in [0.25, 0.3) is 0 Å². The summed E-state index contributed by atoms with van der Waals surface area (Å²) in [6, 6.07) is 10.5. The fourth-order valence-corrected chi connectivity index (χ4v) is 2.28. The van der Waals surface area contributed by atoms with E-state index in [1.807, 2.05) is 18.3 Å². The third kappa shape index (κ3) is 3.13. The van der Waals surface area contributed by atoms with Gasteiger partial charge in [0.15, 0.2) is 0 Å². The highest BCUT2D eigenvalue weighted by Gasteiger charge is 2.10. The van der Waals surface area contributed by atoms with Crippen LogP contribution in [0.1, 0.15) is 16.0 Å². The third-order valence-electron chi connectivity index (χ3n) is 2.61. The van der Waals surface area contributed by atoms with Crippen LogP contribution in [0, 0.1) is 10.1 Å². The highest BCUT2D eigenvalue weighted by molar-refractivity contribution is 9.09. The maximum atomic E-state index is 10.5. The molecule has 2 aromatic rings. The number of hydrogen-bond donors (Lipinski definition) is 0. The van der Waals surface area contributed by atoms with Crippen molar-refractivity contribution in [2.24, 2.45) is 0 Å². The van der Waals surface area contributed by atoms with Gasteiger partial charge in [-0.05, 0) is 23.6 Å². The van der Waals surface area contributed by atoms with Gasteiger partial charge < -0.3 is 0 Å². The van der Waals surface area contributed by atoms with Crippen LogP contribution in [-0.2, 0) is 6.42 Å². The Kier molecular flexibility index (Phi) is 4.04. The van der Waals surface area contributed by atoms with E-state index in [0.717, 1.165) is 17.5 Å². The predicted octanol–water partition coefficient (Wildman–Crippen LogP) is 3.67. The molecule has 0 radical (unpaired) electrons. The lowest BCUT2D eigenvalue weighted by molar-refractivity contribution is -0.384. The van der Waals surface area contributed by atoms with Crippen LogP contribution >= 0.6 is 15.9 Å². The van der Waals surface area contributed by atoms with Crippen LogP contribution in [0.15, 0.2) is 48.8 Å². The summed E-state index contributed by atoms with van der Waals surface area (Å²) in [5, 5.41) is 10.5. The fraction of sp³-hybridized carbons (Fsp3) is 0.154. The van der Waals surface area contributed by atoms with Crippen molar-refractivity contribution in [2.45, 2.75) is 11.2 Å². The molecule has 0 fully saturated rings. The molecular formula is C13H11BrN2O2. The molecule has 92 valence electrons. The number of pyridine rings is 1. The molecule has 0 spiro atoms. The van der Waals surface area contributed by atoms with Gasteiger partial charge in [0.2, 0.25) is 0 Å². The van der Waals surface area contributed by atoms with Crippen LogP contribution in [-0.4, -0.2) is 9.91 Å². The van der Waals surface area contributed by atoms with Crippen LogP contribution in [0.4, 0.5) is 5.69 Å². The van der Waals surface area contributed by atoms with Gasteiger partial charge in [-0.3, -0.25) is 15.1 Å². The summed E-state index contributed by atoms with van der Waals surface area (Å²) in [7, 11) is 0. The van der Waals surface area contributed by atoms with Crippen molar-refractivity contribution in [3.8, 4) is 0 Å². The monoisotopic (exact) mass is 306 g/mol. The minimum absolute atomic E-state index is 0.117. The van der Waals surface area contributed by atoms with Gasteiger partial charge in [-0.2, -0.15) is 0 Å². The molecule has 1 atom stereocenters. The summed E-state index contributed by atoms with van der Waals surface area (Å²) in [5.74, 6) is 0. The molecule has 18 heavy (non-hydrogen) atoms. The SMILES string of the molecule is O=[N+]([O-])c1ccc(CC(Br)c2cccnc2)cc1. The van der Waals surface area contributed by atoms with Crippen LogP contribution < -0.4 is 0 Å². The minimum Gasteiger partial charge on any atom is -0.264 e. The number of rotatable bonds is 4. The standard InChI is InChI=1S/C13H11BrN2O2/c14-13(11-2-1-7-15-9-11)8-10-3-5-12(6-4-10)16(17)18/h1-7,9,13H,8H2. The van der Waals surface area contributed by atoms with Crippen molar-refractivity contribution >= 4 is 21.6 Å². The summed E-state index contributed by atoms with van der Waals surface area (Å²) in [6.45, 7) is 0. The number of hydrogen-bond acceptors (Lipinski definition) is 3. The largest absolute Gasteiger partial charge is 0.269 e. The smallest absolute Gasteiger partial charge is 0.264 e. The first-order valence-electron chi connectivity index (χ1n) is 5.44. The predicted molar refractivity (Wildman–Crippen MR) is 72.7 cm³/mol. The Hall–Kier alpha value is -1.75. The van der Waals surface area contributed by atoms with E-state index in [2.05, 4.69) is 20.9 Å². The average Bonchev–Trinajstić information content (AvgIpc) is 2.40. The van der Waals surface area contributed by atoms with E-state index < -0.39 is 4.92 Å². The summed E-state index contributed by atoms with van der Waals surface area (Å²) >= 11 is 3.60. The maximum absolute atomic E-state index is 10.5. The van der Waals surface area contributed by atoms with Gasteiger partial charge in [-0.25, -0.2) is 0 Å². The van der Waals surface area contributed by atoms with Gasteiger partial charge in [-0.15, -0.1) is 0 Å². The number of aromatic nitrogens is 1. The number of halogens is 1.